The first kappa shape index (κ1) is 27.2. The largest absolute Gasteiger partial charge is 0.355 e. The molecular weight excluding hydrogens is 410 g/mol. The number of anilines is 2. The number of nitrogens with zero attached hydrogens (tertiary/aromatic N) is 2. The SMILES string of the molecule is CNC(=O)c1cc(NC(=O)NCCCCN(C)C)cc(NC(=O)NCCCCN(C)C)c1. The second-order valence-corrected chi connectivity index (χ2v) is 8.16. The molecule has 0 aromatic heterocycles. The second-order valence-electron chi connectivity index (χ2n) is 8.16. The van der Waals surface area contributed by atoms with Crippen molar-refractivity contribution >= 4 is 29.3 Å². The Bertz CT molecular complexity index is 688. The van der Waals surface area contributed by atoms with Gasteiger partial charge < -0.3 is 36.4 Å². The van der Waals surface area contributed by atoms with E-state index in [-0.39, 0.29) is 18.0 Å². The zero-order chi connectivity index (χ0) is 23.9. The molecule has 0 unspecified atom stereocenters. The van der Waals surface area contributed by atoms with Crippen molar-refractivity contribution in [2.45, 2.75) is 25.7 Å². The van der Waals surface area contributed by atoms with Gasteiger partial charge in [-0.2, -0.15) is 0 Å². The third-order valence-electron chi connectivity index (χ3n) is 4.57. The van der Waals surface area contributed by atoms with Crippen LogP contribution in [-0.2, 0) is 0 Å². The lowest BCUT2D eigenvalue weighted by atomic mass is 10.1. The number of unbranched alkanes of at least 4 members (excludes halogenated alkanes) is 2. The van der Waals surface area contributed by atoms with Gasteiger partial charge in [0.15, 0.2) is 0 Å². The van der Waals surface area contributed by atoms with Crippen LogP contribution in [0.4, 0.5) is 21.0 Å². The Morgan fingerprint density at radius 1 is 0.719 bits per heavy atom. The lowest BCUT2D eigenvalue weighted by molar-refractivity contribution is 0.0963. The molecule has 0 radical (unpaired) electrons. The van der Waals surface area contributed by atoms with E-state index in [0.29, 0.717) is 30.0 Å². The molecule has 10 heteroatoms. The van der Waals surface area contributed by atoms with Crippen LogP contribution in [0.1, 0.15) is 36.0 Å². The van der Waals surface area contributed by atoms with Crippen molar-refractivity contribution in [1.82, 2.24) is 25.8 Å². The summed E-state index contributed by atoms with van der Waals surface area (Å²) in [5.74, 6) is -0.315. The van der Waals surface area contributed by atoms with E-state index in [1.165, 1.54) is 7.05 Å². The van der Waals surface area contributed by atoms with Gasteiger partial charge in [-0.15, -0.1) is 0 Å². The second kappa shape index (κ2) is 15.0. The molecule has 0 saturated heterocycles. The number of benzene rings is 1. The van der Waals surface area contributed by atoms with E-state index in [2.05, 4.69) is 36.4 Å². The van der Waals surface area contributed by atoms with Crippen molar-refractivity contribution in [1.29, 1.82) is 0 Å². The highest BCUT2D eigenvalue weighted by Crippen LogP contribution is 2.19. The maximum atomic E-state index is 12.2. The van der Waals surface area contributed by atoms with Crippen molar-refractivity contribution in [2.24, 2.45) is 0 Å². The average molecular weight is 450 g/mol. The number of nitrogens with one attached hydrogen (secondary N) is 5. The first-order valence-electron chi connectivity index (χ1n) is 11.0. The lowest BCUT2D eigenvalue weighted by Gasteiger charge is -2.13. The summed E-state index contributed by atoms with van der Waals surface area (Å²) >= 11 is 0. The van der Waals surface area contributed by atoms with Crippen molar-refractivity contribution in [3.63, 3.8) is 0 Å². The predicted molar refractivity (Wildman–Crippen MR) is 129 cm³/mol. The maximum absolute atomic E-state index is 12.2. The standard InChI is InChI=1S/C22H39N7O3/c1-23-20(30)17-14-18(26-21(31)24-10-6-8-12-28(2)3)16-19(15-17)27-22(32)25-11-7-9-13-29(4)5/h14-16H,6-13H2,1-5H3,(H,23,30)(H2,24,26,31)(H2,25,27,32). The summed E-state index contributed by atoms with van der Waals surface area (Å²) in [5, 5.41) is 13.6. The van der Waals surface area contributed by atoms with Gasteiger partial charge in [0, 0.05) is 37.1 Å². The molecule has 0 bridgehead atoms. The van der Waals surface area contributed by atoms with Crippen LogP contribution in [0, 0.1) is 0 Å². The molecule has 10 nitrogen and oxygen atoms in total. The topological polar surface area (TPSA) is 118 Å². The van der Waals surface area contributed by atoms with Gasteiger partial charge in [0.1, 0.15) is 0 Å². The van der Waals surface area contributed by atoms with Gasteiger partial charge in [0.25, 0.3) is 5.91 Å². The lowest BCUT2D eigenvalue weighted by Crippen LogP contribution is -2.31. The fourth-order valence-corrected chi connectivity index (χ4v) is 2.91. The fraction of sp³-hybridized carbons (Fsp3) is 0.591. The summed E-state index contributed by atoms with van der Waals surface area (Å²) in [4.78, 5) is 40.7. The predicted octanol–water partition coefficient (Wildman–Crippen LogP) is 1.97. The van der Waals surface area contributed by atoms with Crippen molar-refractivity contribution < 1.29 is 14.4 Å². The molecule has 0 atom stereocenters. The Morgan fingerprint density at radius 2 is 1.16 bits per heavy atom. The summed E-state index contributed by atoms with van der Waals surface area (Å²) in [7, 11) is 9.57. The highest BCUT2D eigenvalue weighted by Gasteiger charge is 2.11. The minimum Gasteiger partial charge on any atom is -0.355 e. The third-order valence-corrected chi connectivity index (χ3v) is 4.57. The molecule has 180 valence electrons. The van der Waals surface area contributed by atoms with E-state index < -0.39 is 0 Å². The molecule has 5 amide bonds. The van der Waals surface area contributed by atoms with E-state index >= 15 is 0 Å². The molecule has 1 aromatic rings. The van der Waals surface area contributed by atoms with Crippen LogP contribution in [0.25, 0.3) is 0 Å². The van der Waals surface area contributed by atoms with Gasteiger partial charge in [-0.25, -0.2) is 9.59 Å². The Labute approximate surface area is 191 Å². The molecule has 5 N–H and O–H groups in total. The van der Waals surface area contributed by atoms with Crippen molar-refractivity contribution in [2.75, 3.05) is 72.1 Å². The molecule has 0 fully saturated rings. The number of urea groups is 2. The molecular formula is C22H39N7O3. The number of rotatable bonds is 13. The van der Waals surface area contributed by atoms with Gasteiger partial charge in [0.05, 0.1) is 0 Å². The summed E-state index contributed by atoms with van der Waals surface area (Å²) in [6, 6.07) is 4.02. The van der Waals surface area contributed by atoms with Gasteiger partial charge in [0.2, 0.25) is 0 Å². The van der Waals surface area contributed by atoms with Gasteiger partial charge in [-0.3, -0.25) is 4.79 Å². The Kier molecular flexibility index (Phi) is 12.8. The van der Waals surface area contributed by atoms with Crippen LogP contribution in [-0.4, -0.2) is 89.2 Å². The monoisotopic (exact) mass is 449 g/mol. The van der Waals surface area contributed by atoms with E-state index in [0.717, 1.165) is 38.8 Å². The highest BCUT2D eigenvalue weighted by atomic mass is 16.2. The summed E-state index contributed by atoms with van der Waals surface area (Å²) in [6.45, 7) is 3.03. The van der Waals surface area contributed by atoms with Crippen LogP contribution in [0.3, 0.4) is 0 Å². The first-order chi connectivity index (χ1) is 15.2. The molecule has 32 heavy (non-hydrogen) atoms. The summed E-state index contributed by atoms with van der Waals surface area (Å²) in [6.07, 6.45) is 3.70. The zero-order valence-electron chi connectivity index (χ0n) is 20.0. The number of hydrogen-bond acceptors (Lipinski definition) is 5. The van der Waals surface area contributed by atoms with Crippen molar-refractivity contribution in [3.05, 3.63) is 23.8 Å². The van der Waals surface area contributed by atoms with Crippen LogP contribution in [0.2, 0.25) is 0 Å². The van der Waals surface area contributed by atoms with Crippen LogP contribution in [0.5, 0.6) is 0 Å². The molecule has 1 rings (SSSR count). The maximum Gasteiger partial charge on any atom is 0.319 e. The number of amides is 5. The Hall–Kier alpha value is -2.85. The third kappa shape index (κ3) is 12.1. The van der Waals surface area contributed by atoms with Crippen molar-refractivity contribution in [3.8, 4) is 0 Å². The molecule has 0 aliphatic carbocycles. The number of carbonyl (C=O) groups is 3. The average Bonchev–Trinajstić information content (AvgIpc) is 2.71. The molecule has 1 aromatic carbocycles. The molecule has 0 aliphatic rings. The quantitative estimate of drug-likeness (QED) is 0.295. The normalized spacial score (nSPS) is 10.7. The van der Waals surface area contributed by atoms with E-state index in [9.17, 15) is 14.4 Å². The minimum absolute atomic E-state index is 0.315. The fourth-order valence-electron chi connectivity index (χ4n) is 2.91. The van der Waals surface area contributed by atoms with Gasteiger partial charge in [-0.1, -0.05) is 0 Å². The van der Waals surface area contributed by atoms with Crippen LogP contribution < -0.4 is 26.6 Å². The Balaban J connectivity index is 2.64. The molecule has 0 spiro atoms. The molecule has 0 saturated carbocycles. The summed E-state index contributed by atoms with van der Waals surface area (Å²) < 4.78 is 0. The smallest absolute Gasteiger partial charge is 0.319 e. The molecule has 0 aliphatic heterocycles. The summed E-state index contributed by atoms with van der Waals surface area (Å²) in [5.41, 5.74) is 1.16. The van der Waals surface area contributed by atoms with E-state index in [4.69, 9.17) is 0 Å². The van der Waals surface area contributed by atoms with E-state index in [1.54, 1.807) is 18.2 Å². The first-order valence-corrected chi connectivity index (χ1v) is 11.0. The van der Waals surface area contributed by atoms with Crippen LogP contribution >= 0.6 is 0 Å². The van der Waals surface area contributed by atoms with E-state index in [1.807, 2.05) is 28.2 Å². The zero-order valence-corrected chi connectivity index (χ0v) is 20.0. The number of carbonyl (C=O) groups excluding carboxylic acids is 3. The Morgan fingerprint density at radius 3 is 1.53 bits per heavy atom. The molecule has 0 heterocycles. The van der Waals surface area contributed by atoms with Crippen LogP contribution in [0.15, 0.2) is 18.2 Å². The minimum atomic E-state index is -0.361. The number of hydrogen-bond donors (Lipinski definition) is 5. The highest BCUT2D eigenvalue weighted by molar-refractivity contribution is 5.99. The van der Waals surface area contributed by atoms with Gasteiger partial charge >= 0.3 is 12.1 Å². The van der Waals surface area contributed by atoms with Gasteiger partial charge in [-0.05, 0) is 85.2 Å².